The standard InChI is InChI=1S/C18H21ClN4O2/c1-3-15(18(25)20-11-13-4-6-14(19)7-5-13)23-16-10-12(2)21-22(16)9-8-17(23)24/h4-7,10,15H,3,8-9,11H2,1-2H3,(H,20,25)/t15-/m1/s1. The normalized spacial score (nSPS) is 15.0. The summed E-state index contributed by atoms with van der Waals surface area (Å²) in [6.07, 6.45) is 0.886. The lowest BCUT2D eigenvalue weighted by atomic mass is 10.1. The van der Waals surface area contributed by atoms with Crippen molar-refractivity contribution in [3.63, 3.8) is 0 Å². The summed E-state index contributed by atoms with van der Waals surface area (Å²) in [4.78, 5) is 26.8. The van der Waals surface area contributed by atoms with Gasteiger partial charge in [-0.25, -0.2) is 4.68 Å². The Morgan fingerprint density at radius 3 is 2.76 bits per heavy atom. The van der Waals surface area contributed by atoms with Crippen LogP contribution in [0.1, 0.15) is 31.0 Å². The molecule has 0 spiro atoms. The van der Waals surface area contributed by atoms with Crippen LogP contribution in [0.4, 0.5) is 5.82 Å². The van der Waals surface area contributed by atoms with Crippen molar-refractivity contribution in [3.05, 3.63) is 46.6 Å². The van der Waals surface area contributed by atoms with Gasteiger partial charge in [-0.15, -0.1) is 0 Å². The number of nitrogens with zero attached hydrogens (tertiary/aromatic N) is 3. The SMILES string of the molecule is CC[C@H](C(=O)NCc1ccc(Cl)cc1)N1C(=O)CCn2nc(C)cc21. The molecule has 1 aliphatic heterocycles. The first-order valence-corrected chi connectivity index (χ1v) is 8.76. The highest BCUT2D eigenvalue weighted by Crippen LogP contribution is 2.26. The molecule has 6 nitrogen and oxygen atoms in total. The van der Waals surface area contributed by atoms with E-state index in [9.17, 15) is 9.59 Å². The number of anilines is 1. The van der Waals surface area contributed by atoms with Crippen LogP contribution in [0.25, 0.3) is 0 Å². The number of benzene rings is 1. The molecule has 25 heavy (non-hydrogen) atoms. The Morgan fingerprint density at radius 2 is 2.08 bits per heavy atom. The summed E-state index contributed by atoms with van der Waals surface area (Å²) in [6.45, 7) is 4.74. The van der Waals surface area contributed by atoms with E-state index in [4.69, 9.17) is 11.6 Å². The second-order valence-electron chi connectivity index (χ2n) is 6.15. The number of nitrogens with one attached hydrogen (secondary N) is 1. The molecule has 2 aromatic rings. The summed E-state index contributed by atoms with van der Waals surface area (Å²) >= 11 is 5.87. The third-order valence-electron chi connectivity index (χ3n) is 4.31. The molecule has 1 aromatic heterocycles. The molecule has 7 heteroatoms. The minimum atomic E-state index is -0.546. The van der Waals surface area contributed by atoms with Crippen molar-refractivity contribution in [1.82, 2.24) is 15.1 Å². The first-order valence-electron chi connectivity index (χ1n) is 8.38. The lowest BCUT2D eigenvalue weighted by molar-refractivity contribution is -0.127. The van der Waals surface area contributed by atoms with Gasteiger partial charge in [0.15, 0.2) is 0 Å². The van der Waals surface area contributed by atoms with Gasteiger partial charge in [0.1, 0.15) is 11.9 Å². The molecule has 3 rings (SSSR count). The van der Waals surface area contributed by atoms with Gasteiger partial charge in [0.05, 0.1) is 12.2 Å². The van der Waals surface area contributed by atoms with E-state index in [1.807, 2.05) is 32.0 Å². The van der Waals surface area contributed by atoms with Gasteiger partial charge in [0.25, 0.3) is 0 Å². The maximum atomic E-state index is 12.7. The lowest BCUT2D eigenvalue weighted by Crippen LogP contribution is -2.52. The maximum Gasteiger partial charge on any atom is 0.243 e. The van der Waals surface area contributed by atoms with Crippen LogP contribution in [-0.2, 0) is 22.7 Å². The molecule has 0 saturated carbocycles. The number of hydrogen-bond donors (Lipinski definition) is 1. The Bertz CT molecular complexity index is 785. The number of rotatable bonds is 5. The molecular formula is C18H21ClN4O2. The molecule has 0 unspecified atom stereocenters. The van der Waals surface area contributed by atoms with Gasteiger partial charge in [-0.2, -0.15) is 5.10 Å². The molecule has 0 bridgehead atoms. The van der Waals surface area contributed by atoms with Crippen LogP contribution >= 0.6 is 11.6 Å². The van der Waals surface area contributed by atoms with E-state index in [-0.39, 0.29) is 11.8 Å². The number of amides is 2. The van der Waals surface area contributed by atoms with Gasteiger partial charge in [-0.05, 0) is 31.0 Å². The smallest absolute Gasteiger partial charge is 0.243 e. The zero-order chi connectivity index (χ0) is 18.0. The van der Waals surface area contributed by atoms with Crippen LogP contribution in [0.3, 0.4) is 0 Å². The van der Waals surface area contributed by atoms with Crippen molar-refractivity contribution >= 4 is 29.2 Å². The zero-order valence-corrected chi connectivity index (χ0v) is 15.1. The van der Waals surface area contributed by atoms with E-state index in [0.29, 0.717) is 36.8 Å². The topological polar surface area (TPSA) is 67.2 Å². The van der Waals surface area contributed by atoms with E-state index < -0.39 is 6.04 Å². The summed E-state index contributed by atoms with van der Waals surface area (Å²) in [5, 5.41) is 7.97. The molecule has 0 radical (unpaired) electrons. The number of hydrogen-bond acceptors (Lipinski definition) is 3. The van der Waals surface area contributed by atoms with Crippen molar-refractivity contribution < 1.29 is 9.59 Å². The third-order valence-corrected chi connectivity index (χ3v) is 4.57. The Labute approximate surface area is 151 Å². The van der Waals surface area contributed by atoms with Gasteiger partial charge in [-0.3, -0.25) is 14.5 Å². The second-order valence-corrected chi connectivity index (χ2v) is 6.59. The van der Waals surface area contributed by atoms with Crippen molar-refractivity contribution in [3.8, 4) is 0 Å². The number of fused-ring (bicyclic) bond motifs is 1. The summed E-state index contributed by atoms with van der Waals surface area (Å²) < 4.78 is 1.80. The van der Waals surface area contributed by atoms with Crippen molar-refractivity contribution in [1.29, 1.82) is 0 Å². The average molecular weight is 361 g/mol. The molecule has 1 aliphatic rings. The largest absolute Gasteiger partial charge is 0.350 e. The van der Waals surface area contributed by atoms with E-state index >= 15 is 0 Å². The number of carbonyl (C=O) groups is 2. The van der Waals surface area contributed by atoms with Crippen molar-refractivity contribution in [2.24, 2.45) is 0 Å². The summed E-state index contributed by atoms with van der Waals surface area (Å²) in [7, 11) is 0. The van der Waals surface area contributed by atoms with Crippen LogP contribution in [-0.4, -0.2) is 27.6 Å². The maximum absolute atomic E-state index is 12.7. The first-order chi connectivity index (χ1) is 12.0. The Balaban J connectivity index is 1.75. The van der Waals surface area contributed by atoms with Gasteiger partial charge < -0.3 is 5.32 Å². The first kappa shape index (κ1) is 17.5. The quantitative estimate of drug-likeness (QED) is 0.891. The van der Waals surface area contributed by atoms with E-state index in [2.05, 4.69) is 10.4 Å². The van der Waals surface area contributed by atoms with Crippen LogP contribution in [0.15, 0.2) is 30.3 Å². The van der Waals surface area contributed by atoms with Crippen molar-refractivity contribution in [2.45, 2.75) is 45.8 Å². The Hall–Kier alpha value is -2.34. The Morgan fingerprint density at radius 1 is 1.36 bits per heavy atom. The van der Waals surface area contributed by atoms with Gasteiger partial charge in [0, 0.05) is 24.1 Å². The highest BCUT2D eigenvalue weighted by molar-refractivity contribution is 6.30. The molecule has 2 amide bonds. The second kappa shape index (κ2) is 7.27. The van der Waals surface area contributed by atoms with Gasteiger partial charge >= 0.3 is 0 Å². The summed E-state index contributed by atoms with van der Waals surface area (Å²) in [5.74, 6) is 0.487. The van der Waals surface area contributed by atoms with Crippen molar-refractivity contribution in [2.75, 3.05) is 4.90 Å². The van der Waals surface area contributed by atoms with Crippen LogP contribution in [0, 0.1) is 6.92 Å². The molecule has 1 aromatic carbocycles. The number of halogens is 1. The highest BCUT2D eigenvalue weighted by atomic mass is 35.5. The molecule has 1 atom stereocenters. The average Bonchev–Trinajstić information content (AvgIpc) is 2.97. The number of carbonyl (C=O) groups excluding carboxylic acids is 2. The zero-order valence-electron chi connectivity index (χ0n) is 14.3. The molecular weight excluding hydrogens is 340 g/mol. The van der Waals surface area contributed by atoms with Crippen LogP contribution in [0.5, 0.6) is 0 Å². The predicted octanol–water partition coefficient (Wildman–Crippen LogP) is 2.68. The highest BCUT2D eigenvalue weighted by Gasteiger charge is 2.34. The van der Waals surface area contributed by atoms with E-state index in [1.54, 1.807) is 21.7 Å². The molecule has 1 N–H and O–H groups in total. The fraction of sp³-hybridized carbons (Fsp3) is 0.389. The predicted molar refractivity (Wildman–Crippen MR) is 96.4 cm³/mol. The minimum absolute atomic E-state index is 0.0408. The molecule has 0 saturated heterocycles. The lowest BCUT2D eigenvalue weighted by Gasteiger charge is -2.33. The molecule has 2 heterocycles. The van der Waals surface area contributed by atoms with Gasteiger partial charge in [0.2, 0.25) is 11.8 Å². The monoisotopic (exact) mass is 360 g/mol. The fourth-order valence-corrected chi connectivity index (χ4v) is 3.19. The summed E-state index contributed by atoms with van der Waals surface area (Å²) in [5.41, 5.74) is 1.80. The number of aromatic nitrogens is 2. The summed E-state index contributed by atoms with van der Waals surface area (Å²) in [6, 6.07) is 8.62. The van der Waals surface area contributed by atoms with E-state index in [1.165, 1.54) is 0 Å². The Kier molecular flexibility index (Phi) is 5.08. The number of aryl methyl sites for hydroxylation is 2. The van der Waals surface area contributed by atoms with Crippen LogP contribution in [0.2, 0.25) is 5.02 Å². The third kappa shape index (κ3) is 3.69. The van der Waals surface area contributed by atoms with E-state index in [0.717, 1.165) is 11.3 Å². The van der Waals surface area contributed by atoms with Gasteiger partial charge in [-0.1, -0.05) is 30.7 Å². The fourth-order valence-electron chi connectivity index (χ4n) is 3.07. The van der Waals surface area contributed by atoms with Crippen LogP contribution < -0.4 is 10.2 Å². The minimum Gasteiger partial charge on any atom is -0.350 e. The molecule has 132 valence electrons. The molecule has 0 fully saturated rings. The molecule has 0 aliphatic carbocycles.